The summed E-state index contributed by atoms with van der Waals surface area (Å²) < 4.78 is 0. The quantitative estimate of drug-likeness (QED) is 0.773. The molecule has 1 aliphatic rings. The molecule has 0 radical (unpaired) electrons. The summed E-state index contributed by atoms with van der Waals surface area (Å²) in [6.45, 7) is 0.605. The Kier molecular flexibility index (Phi) is 6.88. The van der Waals surface area contributed by atoms with Crippen LogP contribution in [0.1, 0.15) is 31.2 Å². The topological polar surface area (TPSA) is 58.2 Å². The highest BCUT2D eigenvalue weighted by atomic mass is 35.5. The van der Waals surface area contributed by atoms with Gasteiger partial charge in [0.1, 0.15) is 0 Å². The fourth-order valence-electron chi connectivity index (χ4n) is 3.55. The van der Waals surface area contributed by atoms with E-state index in [1.54, 1.807) is 0 Å². The number of carbonyl (C=O) groups is 2. The average Bonchev–Trinajstić information content (AvgIpc) is 2.69. The molecule has 0 spiro atoms. The van der Waals surface area contributed by atoms with Crippen LogP contribution in [-0.2, 0) is 16.0 Å². The zero-order chi connectivity index (χ0) is 19.1. The minimum atomic E-state index is -0.0132. The number of nitrogens with one attached hydrogen (secondary N) is 2. The fraction of sp³-hybridized carbons (Fsp3) is 0.364. The van der Waals surface area contributed by atoms with Crippen LogP contribution in [0.25, 0.3) is 0 Å². The Balaban J connectivity index is 1.39. The molecule has 0 heterocycles. The van der Waals surface area contributed by atoms with Crippen LogP contribution in [0.4, 0.5) is 5.69 Å². The Labute approximate surface area is 165 Å². The molecule has 2 amide bonds. The van der Waals surface area contributed by atoms with E-state index >= 15 is 0 Å². The maximum absolute atomic E-state index is 12.4. The van der Waals surface area contributed by atoms with Gasteiger partial charge in [-0.25, -0.2) is 0 Å². The standard InChI is InChI=1S/C22H25ClN2O2/c23-19-6-4-5-16(15-19)13-14-24-21(26)17-9-11-18(12-10-17)22(27)25-20-7-2-1-3-8-20/h1-8,15,17-18H,9-14H2,(H,24,26)(H,25,27). The number of hydrogen-bond acceptors (Lipinski definition) is 2. The van der Waals surface area contributed by atoms with Crippen molar-refractivity contribution < 1.29 is 9.59 Å². The van der Waals surface area contributed by atoms with Crippen LogP contribution < -0.4 is 10.6 Å². The Bertz CT molecular complexity index is 771. The molecule has 0 saturated heterocycles. The predicted octanol–water partition coefficient (Wildman–Crippen LogP) is 4.44. The number of amides is 2. The third-order valence-corrected chi connectivity index (χ3v) is 5.35. The van der Waals surface area contributed by atoms with Gasteiger partial charge in [-0.3, -0.25) is 9.59 Å². The van der Waals surface area contributed by atoms with Gasteiger partial charge in [0.2, 0.25) is 11.8 Å². The lowest BCUT2D eigenvalue weighted by Gasteiger charge is -2.27. The second-order valence-corrected chi connectivity index (χ2v) is 7.51. The third kappa shape index (κ3) is 5.83. The van der Waals surface area contributed by atoms with Crippen LogP contribution in [0, 0.1) is 11.8 Å². The van der Waals surface area contributed by atoms with Crippen molar-refractivity contribution in [2.75, 3.05) is 11.9 Å². The van der Waals surface area contributed by atoms with Crippen molar-refractivity contribution in [3.05, 3.63) is 65.2 Å². The first-order valence-corrected chi connectivity index (χ1v) is 9.87. The molecule has 4 nitrogen and oxygen atoms in total. The summed E-state index contributed by atoms with van der Waals surface area (Å²) in [5.74, 6) is 0.144. The molecule has 3 rings (SSSR count). The van der Waals surface area contributed by atoms with E-state index in [1.165, 1.54) is 0 Å². The maximum Gasteiger partial charge on any atom is 0.227 e. The molecule has 0 aliphatic heterocycles. The molecule has 0 bridgehead atoms. The molecule has 27 heavy (non-hydrogen) atoms. The van der Waals surface area contributed by atoms with Gasteiger partial charge in [-0.05, 0) is 61.9 Å². The number of para-hydroxylation sites is 1. The number of halogens is 1. The van der Waals surface area contributed by atoms with Crippen molar-refractivity contribution in [2.45, 2.75) is 32.1 Å². The molecular weight excluding hydrogens is 360 g/mol. The summed E-state index contributed by atoms with van der Waals surface area (Å²) in [4.78, 5) is 24.8. The second-order valence-electron chi connectivity index (χ2n) is 7.07. The smallest absolute Gasteiger partial charge is 0.227 e. The lowest BCUT2D eigenvalue weighted by atomic mass is 9.81. The molecule has 2 N–H and O–H groups in total. The van der Waals surface area contributed by atoms with Crippen molar-refractivity contribution >= 4 is 29.1 Å². The van der Waals surface area contributed by atoms with Gasteiger partial charge in [-0.2, -0.15) is 0 Å². The lowest BCUT2D eigenvalue weighted by Crippen LogP contribution is -2.36. The zero-order valence-corrected chi connectivity index (χ0v) is 16.0. The monoisotopic (exact) mass is 384 g/mol. The van der Waals surface area contributed by atoms with E-state index < -0.39 is 0 Å². The highest BCUT2D eigenvalue weighted by molar-refractivity contribution is 6.30. The first-order chi connectivity index (χ1) is 13.1. The Hall–Kier alpha value is -2.33. The Morgan fingerprint density at radius 1 is 0.889 bits per heavy atom. The van der Waals surface area contributed by atoms with Gasteiger partial charge in [0.05, 0.1) is 0 Å². The zero-order valence-electron chi connectivity index (χ0n) is 15.3. The lowest BCUT2D eigenvalue weighted by molar-refractivity contribution is -0.128. The summed E-state index contributed by atoms with van der Waals surface area (Å²) >= 11 is 5.98. The van der Waals surface area contributed by atoms with E-state index in [9.17, 15) is 9.59 Å². The molecule has 5 heteroatoms. The molecule has 0 aromatic heterocycles. The van der Waals surface area contributed by atoms with Gasteiger partial charge >= 0.3 is 0 Å². The molecule has 1 saturated carbocycles. The molecule has 1 aliphatic carbocycles. The molecule has 142 valence electrons. The molecule has 2 aromatic carbocycles. The van der Waals surface area contributed by atoms with Gasteiger partial charge in [0, 0.05) is 29.1 Å². The molecule has 1 fully saturated rings. The molecule has 0 unspecified atom stereocenters. The van der Waals surface area contributed by atoms with Crippen LogP contribution in [0.3, 0.4) is 0 Å². The Morgan fingerprint density at radius 2 is 1.56 bits per heavy atom. The summed E-state index contributed by atoms with van der Waals surface area (Å²) in [7, 11) is 0. The van der Waals surface area contributed by atoms with E-state index in [1.807, 2.05) is 54.6 Å². The number of rotatable bonds is 6. The van der Waals surface area contributed by atoms with Crippen LogP contribution in [0.15, 0.2) is 54.6 Å². The van der Waals surface area contributed by atoms with Crippen LogP contribution in [-0.4, -0.2) is 18.4 Å². The van der Waals surface area contributed by atoms with E-state index in [4.69, 9.17) is 11.6 Å². The summed E-state index contributed by atoms with van der Waals surface area (Å²) in [6, 6.07) is 17.2. The van der Waals surface area contributed by atoms with Crippen molar-refractivity contribution in [3.63, 3.8) is 0 Å². The first kappa shape index (κ1) is 19.4. The van der Waals surface area contributed by atoms with Crippen LogP contribution in [0.2, 0.25) is 5.02 Å². The highest BCUT2D eigenvalue weighted by Crippen LogP contribution is 2.29. The fourth-order valence-corrected chi connectivity index (χ4v) is 3.76. The van der Waals surface area contributed by atoms with Crippen LogP contribution >= 0.6 is 11.6 Å². The van der Waals surface area contributed by atoms with Crippen LogP contribution in [0.5, 0.6) is 0 Å². The van der Waals surface area contributed by atoms with Gasteiger partial charge in [0.15, 0.2) is 0 Å². The predicted molar refractivity (Wildman–Crippen MR) is 109 cm³/mol. The van der Waals surface area contributed by atoms with E-state index in [-0.39, 0.29) is 23.7 Å². The van der Waals surface area contributed by atoms with Crippen molar-refractivity contribution in [2.24, 2.45) is 11.8 Å². The minimum absolute atomic E-state index is 0.00476. The highest BCUT2D eigenvalue weighted by Gasteiger charge is 2.29. The van der Waals surface area contributed by atoms with Gasteiger partial charge in [-0.1, -0.05) is 41.9 Å². The number of carbonyl (C=O) groups excluding carboxylic acids is 2. The first-order valence-electron chi connectivity index (χ1n) is 9.50. The Morgan fingerprint density at radius 3 is 2.22 bits per heavy atom. The number of hydrogen-bond donors (Lipinski definition) is 2. The van der Waals surface area contributed by atoms with Crippen molar-refractivity contribution in [1.29, 1.82) is 0 Å². The van der Waals surface area contributed by atoms with Crippen molar-refractivity contribution in [3.8, 4) is 0 Å². The maximum atomic E-state index is 12.4. The molecule has 2 aromatic rings. The summed E-state index contributed by atoms with van der Waals surface area (Å²) in [5, 5.41) is 6.70. The number of anilines is 1. The van der Waals surface area contributed by atoms with E-state index in [2.05, 4.69) is 10.6 Å². The summed E-state index contributed by atoms with van der Waals surface area (Å²) in [6.07, 6.45) is 3.79. The average molecular weight is 385 g/mol. The largest absolute Gasteiger partial charge is 0.356 e. The van der Waals surface area contributed by atoms with Gasteiger partial charge in [-0.15, -0.1) is 0 Å². The van der Waals surface area contributed by atoms with Crippen molar-refractivity contribution in [1.82, 2.24) is 5.32 Å². The number of benzene rings is 2. The van der Waals surface area contributed by atoms with E-state index in [0.29, 0.717) is 11.6 Å². The minimum Gasteiger partial charge on any atom is -0.356 e. The SMILES string of the molecule is O=C(NCCc1cccc(Cl)c1)C1CCC(C(=O)Nc2ccccc2)CC1. The molecule has 0 atom stereocenters. The summed E-state index contributed by atoms with van der Waals surface area (Å²) in [5.41, 5.74) is 1.94. The molecular formula is C22H25ClN2O2. The van der Waals surface area contributed by atoms with Gasteiger partial charge < -0.3 is 10.6 Å². The second kappa shape index (κ2) is 9.56. The van der Waals surface area contributed by atoms with Gasteiger partial charge in [0.25, 0.3) is 0 Å². The van der Waals surface area contributed by atoms with E-state index in [0.717, 1.165) is 43.4 Å². The third-order valence-electron chi connectivity index (χ3n) is 5.11. The normalized spacial score (nSPS) is 19.3.